The van der Waals surface area contributed by atoms with Crippen molar-refractivity contribution in [2.24, 2.45) is 5.73 Å². The Balaban J connectivity index is 1.76. The van der Waals surface area contributed by atoms with Crippen LogP contribution in [0.4, 0.5) is 11.5 Å². The summed E-state index contributed by atoms with van der Waals surface area (Å²) in [7, 11) is 0. The van der Waals surface area contributed by atoms with Gasteiger partial charge in [0.1, 0.15) is 5.82 Å². The first-order valence-electron chi connectivity index (χ1n) is 10.7. The number of hydrogen-bond acceptors (Lipinski definition) is 8. The predicted molar refractivity (Wildman–Crippen MR) is 125 cm³/mol. The van der Waals surface area contributed by atoms with E-state index in [0.29, 0.717) is 17.9 Å². The highest BCUT2D eigenvalue weighted by molar-refractivity contribution is 6.04. The van der Waals surface area contributed by atoms with E-state index >= 15 is 0 Å². The van der Waals surface area contributed by atoms with Gasteiger partial charge in [-0.15, -0.1) is 0 Å². The fourth-order valence-corrected chi connectivity index (χ4v) is 4.27. The molecule has 5 rings (SSSR count). The van der Waals surface area contributed by atoms with E-state index in [1.807, 2.05) is 23.7 Å². The molecule has 4 heterocycles. The lowest BCUT2D eigenvalue weighted by molar-refractivity contribution is -0.0366. The lowest BCUT2D eigenvalue weighted by Gasteiger charge is -2.23. The van der Waals surface area contributed by atoms with Gasteiger partial charge in [-0.1, -0.05) is 6.07 Å². The molecular weight excluding hydrogens is 420 g/mol. The van der Waals surface area contributed by atoms with E-state index < -0.39 is 5.91 Å². The smallest absolute Gasteiger partial charge is 0.269 e. The molecule has 1 aliphatic heterocycles. The number of nitrogen functional groups attached to an aromatic ring is 2. The SMILES string of the molecule is Cc1ccc2c(cnn2C2CCCCO2)c1-c1nc(-c2cccnc2N)nc(C(N)=O)c1N. The quantitative estimate of drug-likeness (QED) is 0.433. The number of benzene rings is 1. The average molecular weight is 444 g/mol. The number of nitrogens with two attached hydrogens (primary N) is 3. The highest BCUT2D eigenvalue weighted by atomic mass is 16.5. The van der Waals surface area contributed by atoms with Gasteiger partial charge in [0, 0.05) is 23.8 Å². The number of pyridine rings is 1. The van der Waals surface area contributed by atoms with E-state index in [0.717, 1.165) is 41.3 Å². The number of ether oxygens (including phenoxy) is 1. The van der Waals surface area contributed by atoms with Crippen molar-refractivity contribution in [2.75, 3.05) is 18.1 Å². The molecule has 0 radical (unpaired) electrons. The van der Waals surface area contributed by atoms with Crippen LogP contribution >= 0.6 is 0 Å². The molecule has 1 fully saturated rings. The first kappa shape index (κ1) is 20.8. The summed E-state index contributed by atoms with van der Waals surface area (Å²) in [6, 6.07) is 7.43. The molecule has 33 heavy (non-hydrogen) atoms. The minimum absolute atomic E-state index is 0.0716. The monoisotopic (exact) mass is 444 g/mol. The topological polar surface area (TPSA) is 161 Å². The predicted octanol–water partition coefficient (Wildman–Crippen LogP) is 2.83. The van der Waals surface area contributed by atoms with Crippen LogP contribution in [0.3, 0.4) is 0 Å². The van der Waals surface area contributed by atoms with Crippen LogP contribution in [0.1, 0.15) is 41.5 Å². The van der Waals surface area contributed by atoms with Crippen molar-refractivity contribution in [3.05, 3.63) is 47.9 Å². The first-order chi connectivity index (χ1) is 16.0. The zero-order chi connectivity index (χ0) is 23.1. The van der Waals surface area contributed by atoms with E-state index in [1.165, 1.54) is 0 Å². The average Bonchev–Trinajstić information content (AvgIpc) is 3.24. The lowest BCUT2D eigenvalue weighted by Crippen LogP contribution is -2.19. The Labute approximate surface area is 189 Å². The van der Waals surface area contributed by atoms with Crippen LogP contribution in [-0.4, -0.2) is 37.2 Å². The Morgan fingerprint density at radius 1 is 1.18 bits per heavy atom. The van der Waals surface area contributed by atoms with Crippen LogP contribution < -0.4 is 17.2 Å². The Morgan fingerprint density at radius 3 is 2.76 bits per heavy atom. The third-order valence-corrected chi connectivity index (χ3v) is 5.91. The number of aryl methyl sites for hydroxylation is 1. The standard InChI is InChI=1S/C23H24N8O2/c1-12-7-8-15-14(11-28-31(15)16-6-2-3-10-33-16)17(12)19-18(24)20(22(26)32)30-23(29-19)13-5-4-9-27-21(13)25/h4-5,7-9,11,16H,2-3,6,10,24H2,1H3,(H2,25,27)(H2,26,32). The third-order valence-electron chi connectivity index (χ3n) is 5.91. The summed E-state index contributed by atoms with van der Waals surface area (Å²) in [5.41, 5.74) is 21.5. The number of rotatable bonds is 4. The largest absolute Gasteiger partial charge is 0.395 e. The molecule has 1 unspecified atom stereocenters. The summed E-state index contributed by atoms with van der Waals surface area (Å²) >= 11 is 0. The maximum Gasteiger partial charge on any atom is 0.269 e. The first-order valence-corrected chi connectivity index (χ1v) is 10.7. The molecule has 0 spiro atoms. The van der Waals surface area contributed by atoms with Gasteiger partial charge in [0.25, 0.3) is 5.91 Å². The number of primary amides is 1. The second-order valence-electron chi connectivity index (χ2n) is 8.06. The second kappa shape index (κ2) is 8.14. The summed E-state index contributed by atoms with van der Waals surface area (Å²) in [5, 5.41) is 5.46. The number of aromatic nitrogens is 5. The van der Waals surface area contributed by atoms with Crippen molar-refractivity contribution < 1.29 is 9.53 Å². The van der Waals surface area contributed by atoms with Crippen LogP contribution in [0, 0.1) is 6.92 Å². The van der Waals surface area contributed by atoms with E-state index in [4.69, 9.17) is 26.9 Å². The van der Waals surface area contributed by atoms with E-state index in [2.05, 4.69) is 15.1 Å². The van der Waals surface area contributed by atoms with E-state index in [-0.39, 0.29) is 29.3 Å². The molecule has 168 valence electrons. The molecule has 1 amide bonds. The van der Waals surface area contributed by atoms with Gasteiger partial charge < -0.3 is 21.9 Å². The van der Waals surface area contributed by atoms with E-state index in [9.17, 15) is 4.79 Å². The lowest BCUT2D eigenvalue weighted by atomic mass is 9.98. The zero-order valence-corrected chi connectivity index (χ0v) is 18.2. The molecule has 4 aromatic rings. The summed E-state index contributed by atoms with van der Waals surface area (Å²) in [4.78, 5) is 25.3. The van der Waals surface area contributed by atoms with Gasteiger partial charge in [-0.25, -0.2) is 19.6 Å². The molecule has 3 aromatic heterocycles. The molecule has 10 nitrogen and oxygen atoms in total. The van der Waals surface area contributed by atoms with Crippen LogP contribution in [0.5, 0.6) is 0 Å². The van der Waals surface area contributed by atoms with Crippen LogP contribution in [-0.2, 0) is 4.74 Å². The van der Waals surface area contributed by atoms with Crippen LogP contribution in [0.15, 0.2) is 36.7 Å². The Bertz CT molecular complexity index is 1370. The molecule has 6 N–H and O–H groups in total. The van der Waals surface area contributed by atoms with Crippen molar-refractivity contribution in [1.82, 2.24) is 24.7 Å². The molecule has 10 heteroatoms. The zero-order valence-electron chi connectivity index (χ0n) is 18.2. The normalized spacial score (nSPS) is 16.2. The summed E-state index contributed by atoms with van der Waals surface area (Å²) in [5.74, 6) is -0.296. The minimum Gasteiger partial charge on any atom is -0.395 e. The summed E-state index contributed by atoms with van der Waals surface area (Å²) < 4.78 is 7.83. The number of fused-ring (bicyclic) bond motifs is 1. The molecule has 0 saturated carbocycles. The fraction of sp³-hybridized carbons (Fsp3) is 0.261. The highest BCUT2D eigenvalue weighted by Crippen LogP contribution is 2.38. The number of carbonyl (C=O) groups excluding carboxylic acids is 1. The molecular formula is C23H24N8O2. The van der Waals surface area contributed by atoms with E-state index in [1.54, 1.807) is 24.5 Å². The number of anilines is 2. The van der Waals surface area contributed by atoms with Crippen molar-refractivity contribution >= 4 is 28.3 Å². The van der Waals surface area contributed by atoms with Gasteiger partial charge >= 0.3 is 0 Å². The van der Waals surface area contributed by atoms with Crippen molar-refractivity contribution in [1.29, 1.82) is 0 Å². The maximum atomic E-state index is 12.2. The van der Waals surface area contributed by atoms with Gasteiger partial charge in [-0.3, -0.25) is 4.79 Å². The number of nitrogens with zero attached hydrogens (tertiary/aromatic N) is 5. The van der Waals surface area contributed by atoms with Gasteiger partial charge in [-0.05, 0) is 49.9 Å². The van der Waals surface area contributed by atoms with Gasteiger partial charge in [0.05, 0.1) is 28.7 Å². The molecule has 1 aromatic carbocycles. The summed E-state index contributed by atoms with van der Waals surface area (Å²) in [6.07, 6.45) is 6.25. The molecule has 0 aliphatic carbocycles. The fourth-order valence-electron chi connectivity index (χ4n) is 4.27. The highest BCUT2D eigenvalue weighted by Gasteiger charge is 2.24. The summed E-state index contributed by atoms with van der Waals surface area (Å²) in [6.45, 7) is 2.66. The second-order valence-corrected chi connectivity index (χ2v) is 8.06. The Kier molecular flexibility index (Phi) is 5.14. The number of carbonyl (C=O) groups is 1. The van der Waals surface area contributed by atoms with Crippen molar-refractivity contribution in [3.63, 3.8) is 0 Å². The number of amides is 1. The van der Waals surface area contributed by atoms with Gasteiger partial charge in [0.2, 0.25) is 0 Å². The molecule has 1 atom stereocenters. The van der Waals surface area contributed by atoms with Crippen LogP contribution in [0.2, 0.25) is 0 Å². The molecule has 1 aliphatic rings. The van der Waals surface area contributed by atoms with Gasteiger partial charge in [0.15, 0.2) is 17.7 Å². The van der Waals surface area contributed by atoms with Crippen molar-refractivity contribution in [2.45, 2.75) is 32.4 Å². The van der Waals surface area contributed by atoms with Gasteiger partial charge in [-0.2, -0.15) is 5.10 Å². The molecule has 0 bridgehead atoms. The number of hydrogen-bond donors (Lipinski definition) is 3. The molecule has 1 saturated heterocycles. The third kappa shape index (κ3) is 3.54. The minimum atomic E-state index is -0.754. The maximum absolute atomic E-state index is 12.2. The van der Waals surface area contributed by atoms with Crippen LogP contribution in [0.25, 0.3) is 33.5 Å². The Hall–Kier alpha value is -4.05. The Morgan fingerprint density at radius 2 is 2.03 bits per heavy atom. The van der Waals surface area contributed by atoms with Crippen molar-refractivity contribution in [3.8, 4) is 22.6 Å².